The zero-order valence-corrected chi connectivity index (χ0v) is 16.6. The van der Waals surface area contributed by atoms with Crippen molar-refractivity contribution >= 4 is 29.1 Å². The van der Waals surface area contributed by atoms with Crippen molar-refractivity contribution in [1.82, 2.24) is 0 Å². The number of aryl methyl sites for hydroxylation is 1. The van der Waals surface area contributed by atoms with Gasteiger partial charge >= 0.3 is 0 Å². The Labute approximate surface area is 174 Å². The molecule has 30 heavy (non-hydrogen) atoms. The molecule has 2 bridgehead atoms. The SMILES string of the molecule is Cc1ccccc1NC(=O)c1cccc(N2C(=O)C3C4C=CC(C5CC45)C3C2=O)c1. The molecule has 1 N–H and O–H groups in total. The predicted octanol–water partition coefficient (Wildman–Crippen LogP) is 3.80. The highest BCUT2D eigenvalue weighted by Crippen LogP contribution is 2.65. The third-order valence-corrected chi connectivity index (χ3v) is 7.42. The molecule has 5 heteroatoms. The molecular weight excluding hydrogens is 376 g/mol. The molecule has 2 aromatic carbocycles. The van der Waals surface area contributed by atoms with Crippen LogP contribution in [0, 0.1) is 42.4 Å². The van der Waals surface area contributed by atoms with Crippen LogP contribution in [0.1, 0.15) is 22.3 Å². The maximum absolute atomic E-state index is 13.3. The van der Waals surface area contributed by atoms with E-state index < -0.39 is 0 Å². The molecule has 7 rings (SSSR count). The summed E-state index contributed by atoms with van der Waals surface area (Å²) in [5.74, 6) is 0.593. The average Bonchev–Trinajstić information content (AvgIpc) is 3.53. The zero-order chi connectivity index (χ0) is 20.6. The van der Waals surface area contributed by atoms with Crippen molar-refractivity contribution in [2.24, 2.45) is 35.5 Å². The van der Waals surface area contributed by atoms with E-state index in [0.29, 0.717) is 23.1 Å². The summed E-state index contributed by atoms with van der Waals surface area (Å²) >= 11 is 0. The van der Waals surface area contributed by atoms with Crippen LogP contribution in [0.4, 0.5) is 11.4 Å². The Kier molecular flexibility index (Phi) is 3.61. The second kappa shape index (κ2) is 6.14. The minimum absolute atomic E-state index is 0.105. The van der Waals surface area contributed by atoms with Crippen molar-refractivity contribution in [1.29, 1.82) is 0 Å². The highest BCUT2D eigenvalue weighted by molar-refractivity contribution is 6.23. The Bertz CT molecular complexity index is 1100. The third kappa shape index (κ3) is 2.38. The third-order valence-electron chi connectivity index (χ3n) is 7.42. The molecule has 6 unspecified atom stereocenters. The molecule has 5 nitrogen and oxygen atoms in total. The fourth-order valence-corrected chi connectivity index (χ4v) is 5.91. The van der Waals surface area contributed by atoms with E-state index in [1.54, 1.807) is 24.3 Å². The number of carbonyl (C=O) groups excluding carboxylic acids is 3. The number of hydrogen-bond donors (Lipinski definition) is 1. The number of imide groups is 1. The highest BCUT2D eigenvalue weighted by atomic mass is 16.2. The molecule has 0 spiro atoms. The molecule has 1 aliphatic heterocycles. The van der Waals surface area contributed by atoms with Gasteiger partial charge in [0.25, 0.3) is 5.91 Å². The first kappa shape index (κ1) is 17.6. The number of allylic oxidation sites excluding steroid dienone is 2. The van der Waals surface area contributed by atoms with Crippen molar-refractivity contribution in [3.05, 3.63) is 71.8 Å². The van der Waals surface area contributed by atoms with E-state index in [4.69, 9.17) is 0 Å². The summed E-state index contributed by atoms with van der Waals surface area (Å²) in [6.07, 6.45) is 5.48. The summed E-state index contributed by atoms with van der Waals surface area (Å²) in [7, 11) is 0. The van der Waals surface area contributed by atoms with Gasteiger partial charge in [-0.05, 0) is 66.8 Å². The Morgan fingerprint density at radius 1 is 0.933 bits per heavy atom. The zero-order valence-electron chi connectivity index (χ0n) is 16.6. The number of carbonyl (C=O) groups is 3. The number of nitrogens with zero attached hydrogens (tertiary/aromatic N) is 1. The number of amides is 3. The number of para-hydroxylation sites is 1. The standard InChI is InChI=1S/C25H22N2O3/c1-13-5-2-3-8-20(13)26-23(28)14-6-4-7-15(11-14)27-24(29)21-16-9-10-17(19-12-18(16)19)22(21)25(27)30/h2-11,16-19,21-22H,12H2,1H3,(H,26,28). The summed E-state index contributed by atoms with van der Waals surface area (Å²) in [4.78, 5) is 40.7. The van der Waals surface area contributed by atoms with Crippen LogP contribution in [0.15, 0.2) is 60.7 Å². The lowest BCUT2D eigenvalue weighted by molar-refractivity contribution is -0.124. The Morgan fingerprint density at radius 2 is 1.60 bits per heavy atom. The molecule has 2 saturated carbocycles. The average molecular weight is 398 g/mol. The first-order valence-corrected chi connectivity index (χ1v) is 10.6. The van der Waals surface area contributed by atoms with Crippen LogP contribution < -0.4 is 10.2 Å². The highest BCUT2D eigenvalue weighted by Gasteiger charge is 2.67. The van der Waals surface area contributed by atoms with Gasteiger partial charge in [-0.3, -0.25) is 14.4 Å². The van der Waals surface area contributed by atoms with Crippen molar-refractivity contribution in [2.75, 3.05) is 10.2 Å². The second-order valence-electron chi connectivity index (χ2n) is 8.99. The molecule has 3 amide bonds. The second-order valence-corrected chi connectivity index (χ2v) is 8.99. The molecule has 4 aliphatic carbocycles. The van der Waals surface area contributed by atoms with Gasteiger partial charge in [0.2, 0.25) is 11.8 Å². The minimum atomic E-state index is -0.259. The van der Waals surface area contributed by atoms with Crippen LogP contribution in [0.5, 0.6) is 0 Å². The maximum Gasteiger partial charge on any atom is 0.255 e. The van der Waals surface area contributed by atoms with E-state index in [1.807, 2.05) is 31.2 Å². The molecule has 6 atom stereocenters. The number of anilines is 2. The van der Waals surface area contributed by atoms with Crippen LogP contribution >= 0.6 is 0 Å². The first-order chi connectivity index (χ1) is 14.5. The van der Waals surface area contributed by atoms with E-state index in [9.17, 15) is 14.4 Å². The lowest BCUT2D eigenvalue weighted by atomic mass is 9.63. The summed E-state index contributed by atoms with van der Waals surface area (Å²) in [6, 6.07) is 14.4. The molecule has 0 aromatic heterocycles. The number of rotatable bonds is 3. The van der Waals surface area contributed by atoms with Crippen LogP contribution in [0.2, 0.25) is 0 Å². The van der Waals surface area contributed by atoms with Gasteiger partial charge in [-0.2, -0.15) is 0 Å². The maximum atomic E-state index is 13.3. The number of nitrogens with one attached hydrogen (secondary N) is 1. The van der Waals surface area contributed by atoms with Gasteiger partial charge in [0.15, 0.2) is 0 Å². The van der Waals surface area contributed by atoms with Gasteiger partial charge < -0.3 is 5.32 Å². The van der Waals surface area contributed by atoms with Gasteiger partial charge in [-0.1, -0.05) is 36.4 Å². The molecule has 150 valence electrons. The monoisotopic (exact) mass is 398 g/mol. The van der Waals surface area contributed by atoms with Crippen LogP contribution in [-0.4, -0.2) is 17.7 Å². The van der Waals surface area contributed by atoms with E-state index in [1.165, 1.54) is 4.90 Å². The topological polar surface area (TPSA) is 66.5 Å². The fourth-order valence-electron chi connectivity index (χ4n) is 5.91. The smallest absolute Gasteiger partial charge is 0.255 e. The van der Waals surface area contributed by atoms with Crippen LogP contribution in [0.3, 0.4) is 0 Å². The predicted molar refractivity (Wildman–Crippen MR) is 113 cm³/mol. The summed E-state index contributed by atoms with van der Waals surface area (Å²) < 4.78 is 0. The largest absolute Gasteiger partial charge is 0.322 e. The van der Waals surface area contributed by atoms with Crippen molar-refractivity contribution in [3.8, 4) is 0 Å². The van der Waals surface area contributed by atoms with Crippen molar-refractivity contribution in [3.63, 3.8) is 0 Å². The summed E-state index contributed by atoms with van der Waals surface area (Å²) in [6.45, 7) is 1.93. The van der Waals surface area contributed by atoms with Gasteiger partial charge in [-0.25, -0.2) is 4.90 Å². The molecule has 1 saturated heterocycles. The Balaban J connectivity index is 1.30. The lowest BCUT2D eigenvalue weighted by Gasteiger charge is -2.37. The number of hydrogen-bond acceptors (Lipinski definition) is 3. The molecule has 2 aromatic rings. The molecule has 3 fully saturated rings. The van der Waals surface area contributed by atoms with Gasteiger partial charge in [0, 0.05) is 11.3 Å². The molecule has 5 aliphatic rings. The lowest BCUT2D eigenvalue weighted by Crippen LogP contribution is -2.40. The Hall–Kier alpha value is -3.21. The van der Waals surface area contributed by atoms with E-state index in [0.717, 1.165) is 17.7 Å². The van der Waals surface area contributed by atoms with Gasteiger partial charge in [-0.15, -0.1) is 0 Å². The molecule has 1 heterocycles. The minimum Gasteiger partial charge on any atom is -0.322 e. The van der Waals surface area contributed by atoms with Crippen LogP contribution in [0.25, 0.3) is 0 Å². The van der Waals surface area contributed by atoms with Crippen molar-refractivity contribution in [2.45, 2.75) is 13.3 Å². The van der Waals surface area contributed by atoms with Crippen molar-refractivity contribution < 1.29 is 14.4 Å². The number of benzene rings is 2. The van der Waals surface area contributed by atoms with Crippen LogP contribution in [-0.2, 0) is 9.59 Å². The Morgan fingerprint density at radius 3 is 2.27 bits per heavy atom. The van der Waals surface area contributed by atoms with E-state index in [-0.39, 0.29) is 41.4 Å². The summed E-state index contributed by atoms with van der Waals surface area (Å²) in [5, 5.41) is 2.92. The van der Waals surface area contributed by atoms with E-state index in [2.05, 4.69) is 17.5 Å². The normalized spacial score (nSPS) is 32.8. The molecular formula is C25H22N2O3. The first-order valence-electron chi connectivity index (χ1n) is 10.6. The van der Waals surface area contributed by atoms with E-state index >= 15 is 0 Å². The van der Waals surface area contributed by atoms with Gasteiger partial charge in [0.1, 0.15) is 0 Å². The van der Waals surface area contributed by atoms with Gasteiger partial charge in [0.05, 0.1) is 17.5 Å². The summed E-state index contributed by atoms with van der Waals surface area (Å²) in [5.41, 5.74) is 2.63. The quantitative estimate of drug-likeness (QED) is 0.632. The fraction of sp³-hybridized carbons (Fsp3) is 0.320. The molecule has 0 radical (unpaired) electrons.